The fourth-order valence-electron chi connectivity index (χ4n) is 5.02. The maximum absolute atomic E-state index is 12.2. The molecule has 1 fully saturated rings. The lowest BCUT2D eigenvalue weighted by Crippen LogP contribution is -2.45. The number of carboxylic acid groups (broad SMARTS) is 1. The van der Waals surface area contributed by atoms with Gasteiger partial charge in [-0.1, -0.05) is 61.4 Å². The standard InChI is InChI=1S/C27H32N2O6/c30-25(29-24-12-6-5-11-22(24)26(31)32)13-15-34-16-14-28-27(33)35-17-23-20-9-3-1-7-18(20)19-8-2-4-10-21(19)23/h1-4,7-10,22-24H,5-6,11-17H2,(H,28,33)(H,29,30)(H,31,32). The number of ether oxygens (including phenoxy) is 2. The third-order valence-electron chi connectivity index (χ3n) is 6.76. The molecule has 0 aliphatic heterocycles. The van der Waals surface area contributed by atoms with Gasteiger partial charge in [-0.3, -0.25) is 9.59 Å². The van der Waals surface area contributed by atoms with E-state index in [-0.39, 0.29) is 50.7 Å². The molecule has 2 aliphatic carbocycles. The number of amides is 2. The van der Waals surface area contributed by atoms with E-state index in [4.69, 9.17) is 9.47 Å². The highest BCUT2D eigenvalue weighted by Crippen LogP contribution is 2.44. The van der Waals surface area contributed by atoms with Gasteiger partial charge in [-0.2, -0.15) is 0 Å². The first kappa shape index (κ1) is 24.7. The van der Waals surface area contributed by atoms with Crippen LogP contribution in [-0.4, -0.2) is 55.5 Å². The van der Waals surface area contributed by atoms with Gasteiger partial charge in [-0.15, -0.1) is 0 Å². The lowest BCUT2D eigenvalue weighted by Gasteiger charge is -2.29. The Kier molecular flexibility index (Phi) is 8.36. The van der Waals surface area contributed by atoms with E-state index in [9.17, 15) is 19.5 Å². The van der Waals surface area contributed by atoms with Gasteiger partial charge in [0.15, 0.2) is 0 Å². The highest BCUT2D eigenvalue weighted by molar-refractivity contribution is 5.79. The Morgan fingerprint density at radius 3 is 2.26 bits per heavy atom. The first-order valence-corrected chi connectivity index (χ1v) is 12.2. The van der Waals surface area contributed by atoms with Crippen molar-refractivity contribution in [3.63, 3.8) is 0 Å². The summed E-state index contributed by atoms with van der Waals surface area (Å²) in [5.41, 5.74) is 4.67. The highest BCUT2D eigenvalue weighted by atomic mass is 16.5. The Bertz CT molecular complexity index is 1010. The van der Waals surface area contributed by atoms with Crippen LogP contribution in [0.25, 0.3) is 11.1 Å². The Balaban J connectivity index is 1.12. The van der Waals surface area contributed by atoms with Crippen LogP contribution in [0.2, 0.25) is 0 Å². The normalized spacial score (nSPS) is 18.9. The van der Waals surface area contributed by atoms with E-state index in [0.29, 0.717) is 12.8 Å². The van der Waals surface area contributed by atoms with Crippen molar-refractivity contribution in [1.29, 1.82) is 0 Å². The molecule has 0 aromatic heterocycles. The maximum Gasteiger partial charge on any atom is 0.407 e. The fraction of sp³-hybridized carbons (Fsp3) is 0.444. The summed E-state index contributed by atoms with van der Waals surface area (Å²) < 4.78 is 10.9. The second-order valence-corrected chi connectivity index (χ2v) is 9.02. The van der Waals surface area contributed by atoms with Gasteiger partial charge < -0.3 is 25.2 Å². The van der Waals surface area contributed by atoms with Crippen LogP contribution < -0.4 is 10.6 Å². The summed E-state index contributed by atoms with van der Waals surface area (Å²) >= 11 is 0. The fourth-order valence-corrected chi connectivity index (χ4v) is 5.02. The second-order valence-electron chi connectivity index (χ2n) is 9.02. The molecule has 2 aliphatic rings. The molecule has 0 heterocycles. The summed E-state index contributed by atoms with van der Waals surface area (Å²) in [6.45, 7) is 0.961. The molecule has 2 aromatic carbocycles. The van der Waals surface area contributed by atoms with E-state index in [1.165, 1.54) is 11.1 Å². The molecule has 2 unspecified atom stereocenters. The molecule has 0 saturated heterocycles. The number of alkyl carbamates (subject to hydrolysis) is 1. The van der Waals surface area contributed by atoms with Gasteiger partial charge in [-0.25, -0.2) is 4.79 Å². The molecular formula is C27H32N2O6. The molecule has 0 bridgehead atoms. The third-order valence-corrected chi connectivity index (χ3v) is 6.76. The number of hydrogen-bond donors (Lipinski definition) is 3. The van der Waals surface area contributed by atoms with Crippen molar-refractivity contribution in [3.05, 3.63) is 59.7 Å². The van der Waals surface area contributed by atoms with Gasteiger partial charge >= 0.3 is 12.1 Å². The summed E-state index contributed by atoms with van der Waals surface area (Å²) in [4.78, 5) is 35.6. The number of carboxylic acids is 1. The molecule has 8 nitrogen and oxygen atoms in total. The molecule has 2 amide bonds. The topological polar surface area (TPSA) is 114 Å². The molecule has 1 saturated carbocycles. The summed E-state index contributed by atoms with van der Waals surface area (Å²) in [6.07, 6.45) is 2.72. The molecule has 0 spiro atoms. The summed E-state index contributed by atoms with van der Waals surface area (Å²) in [6, 6.07) is 16.0. The number of rotatable bonds is 10. The Labute approximate surface area is 205 Å². The minimum Gasteiger partial charge on any atom is -0.481 e. The zero-order valence-electron chi connectivity index (χ0n) is 19.7. The van der Waals surface area contributed by atoms with Crippen molar-refractivity contribution in [3.8, 4) is 11.1 Å². The van der Waals surface area contributed by atoms with Crippen molar-refractivity contribution in [2.75, 3.05) is 26.4 Å². The van der Waals surface area contributed by atoms with E-state index >= 15 is 0 Å². The van der Waals surface area contributed by atoms with E-state index < -0.39 is 18.0 Å². The summed E-state index contributed by atoms with van der Waals surface area (Å²) in [7, 11) is 0. The third kappa shape index (κ3) is 6.19. The number of nitrogens with one attached hydrogen (secondary N) is 2. The van der Waals surface area contributed by atoms with Crippen LogP contribution >= 0.6 is 0 Å². The van der Waals surface area contributed by atoms with Crippen molar-refractivity contribution in [1.82, 2.24) is 10.6 Å². The number of hydrogen-bond acceptors (Lipinski definition) is 5. The number of benzene rings is 2. The first-order chi connectivity index (χ1) is 17.0. The predicted molar refractivity (Wildman–Crippen MR) is 130 cm³/mol. The van der Waals surface area contributed by atoms with E-state index in [0.717, 1.165) is 24.0 Å². The molecule has 2 atom stereocenters. The molecule has 4 rings (SSSR count). The molecule has 35 heavy (non-hydrogen) atoms. The van der Waals surface area contributed by atoms with Crippen LogP contribution in [0.4, 0.5) is 4.79 Å². The van der Waals surface area contributed by atoms with Gasteiger partial charge in [0.05, 0.1) is 19.1 Å². The molecular weight excluding hydrogens is 448 g/mol. The molecule has 3 N–H and O–H groups in total. The molecule has 186 valence electrons. The smallest absolute Gasteiger partial charge is 0.407 e. The number of carbonyl (C=O) groups excluding carboxylic acids is 2. The van der Waals surface area contributed by atoms with Crippen molar-refractivity contribution >= 4 is 18.0 Å². The van der Waals surface area contributed by atoms with Crippen molar-refractivity contribution < 1.29 is 29.0 Å². The van der Waals surface area contributed by atoms with Crippen molar-refractivity contribution in [2.45, 2.75) is 44.1 Å². The quantitative estimate of drug-likeness (QED) is 0.447. The van der Waals surface area contributed by atoms with Gasteiger partial charge in [0.25, 0.3) is 0 Å². The molecule has 8 heteroatoms. The predicted octanol–water partition coefficient (Wildman–Crippen LogP) is 3.69. The number of fused-ring (bicyclic) bond motifs is 3. The minimum absolute atomic E-state index is 0.00722. The summed E-state index contributed by atoms with van der Waals surface area (Å²) in [5.74, 6) is -1.58. The monoisotopic (exact) mass is 480 g/mol. The van der Waals surface area contributed by atoms with Crippen LogP contribution in [0.3, 0.4) is 0 Å². The average Bonchev–Trinajstić information content (AvgIpc) is 3.18. The van der Waals surface area contributed by atoms with Crippen molar-refractivity contribution in [2.24, 2.45) is 5.92 Å². The second kappa shape index (κ2) is 11.8. The van der Waals surface area contributed by atoms with E-state index in [1.807, 2.05) is 24.3 Å². The largest absolute Gasteiger partial charge is 0.481 e. The zero-order chi connectivity index (χ0) is 24.6. The Morgan fingerprint density at radius 1 is 0.914 bits per heavy atom. The Hall–Kier alpha value is -3.39. The summed E-state index contributed by atoms with van der Waals surface area (Å²) in [5, 5.41) is 14.8. The SMILES string of the molecule is O=C(CCOCCNC(=O)OCC1c2ccccc2-c2ccccc21)NC1CCCCC1C(=O)O. The number of aliphatic carboxylic acids is 1. The lowest BCUT2D eigenvalue weighted by molar-refractivity contribution is -0.144. The molecule has 0 radical (unpaired) electrons. The minimum atomic E-state index is -0.856. The van der Waals surface area contributed by atoms with Crippen LogP contribution in [0.1, 0.15) is 49.1 Å². The molecule has 2 aromatic rings. The maximum atomic E-state index is 12.2. The van der Waals surface area contributed by atoms with Crippen LogP contribution in [0.15, 0.2) is 48.5 Å². The van der Waals surface area contributed by atoms with Crippen LogP contribution in [-0.2, 0) is 19.1 Å². The van der Waals surface area contributed by atoms with Gasteiger partial charge in [0.2, 0.25) is 5.91 Å². The van der Waals surface area contributed by atoms with Crippen LogP contribution in [0.5, 0.6) is 0 Å². The Morgan fingerprint density at radius 2 is 1.57 bits per heavy atom. The van der Waals surface area contributed by atoms with Crippen LogP contribution in [0, 0.1) is 5.92 Å². The number of carbonyl (C=O) groups is 3. The van der Waals surface area contributed by atoms with E-state index in [1.54, 1.807) is 0 Å². The average molecular weight is 481 g/mol. The van der Waals surface area contributed by atoms with Gasteiger partial charge in [-0.05, 0) is 35.1 Å². The van der Waals surface area contributed by atoms with E-state index in [2.05, 4.69) is 34.9 Å². The lowest BCUT2D eigenvalue weighted by atomic mass is 9.84. The van der Waals surface area contributed by atoms with Gasteiger partial charge in [0.1, 0.15) is 6.61 Å². The zero-order valence-corrected chi connectivity index (χ0v) is 19.7. The highest BCUT2D eigenvalue weighted by Gasteiger charge is 2.32. The first-order valence-electron chi connectivity index (χ1n) is 12.2. The van der Waals surface area contributed by atoms with Gasteiger partial charge in [0, 0.05) is 24.9 Å².